The average molecular weight is 263 g/mol. The number of carboxylic acid groups (broad SMARTS) is 1. The number of halogens is 1. The topological polar surface area (TPSA) is 62.5 Å². The van der Waals surface area contributed by atoms with Gasteiger partial charge in [-0.05, 0) is 36.8 Å². The highest BCUT2D eigenvalue weighted by molar-refractivity contribution is 5.87. The maximum absolute atomic E-state index is 13.5. The number of rotatable bonds is 5. The molecular weight excluding hydrogens is 249 g/mol. The van der Waals surface area contributed by atoms with Gasteiger partial charge in [-0.1, -0.05) is 6.07 Å². The molecule has 2 N–H and O–H groups in total. The van der Waals surface area contributed by atoms with Crippen LogP contribution >= 0.6 is 0 Å². The van der Waals surface area contributed by atoms with Crippen LogP contribution in [0.25, 0.3) is 0 Å². The predicted octanol–water partition coefficient (Wildman–Crippen LogP) is 2.97. The summed E-state index contributed by atoms with van der Waals surface area (Å²) in [6.07, 6.45) is 1.59. The highest BCUT2D eigenvalue weighted by Crippen LogP contribution is 2.15. The summed E-state index contributed by atoms with van der Waals surface area (Å²) in [4.78, 5) is 10.7. The maximum atomic E-state index is 13.5. The van der Waals surface area contributed by atoms with Crippen LogP contribution in [0, 0.1) is 5.82 Å². The van der Waals surface area contributed by atoms with Crippen molar-refractivity contribution in [3.05, 3.63) is 59.3 Å². The molecule has 0 aliphatic heterocycles. The molecule has 0 saturated heterocycles. The van der Waals surface area contributed by atoms with Gasteiger partial charge in [0, 0.05) is 6.54 Å². The van der Waals surface area contributed by atoms with Crippen molar-refractivity contribution in [2.24, 2.45) is 0 Å². The van der Waals surface area contributed by atoms with E-state index in [-0.39, 0.29) is 11.6 Å². The van der Waals surface area contributed by atoms with Crippen molar-refractivity contribution in [3.63, 3.8) is 0 Å². The van der Waals surface area contributed by atoms with Crippen molar-refractivity contribution in [2.45, 2.75) is 19.5 Å². The fourth-order valence-corrected chi connectivity index (χ4v) is 1.75. The van der Waals surface area contributed by atoms with Crippen LogP contribution in [0.15, 0.2) is 41.0 Å². The first-order chi connectivity index (χ1) is 9.08. The molecule has 0 unspecified atom stereocenters. The van der Waals surface area contributed by atoms with Crippen molar-refractivity contribution in [1.29, 1.82) is 0 Å². The van der Waals surface area contributed by atoms with E-state index < -0.39 is 11.8 Å². The van der Waals surface area contributed by atoms with Crippen LogP contribution in [0.2, 0.25) is 0 Å². The van der Waals surface area contributed by atoms with Crippen LogP contribution in [0.3, 0.4) is 0 Å². The Hall–Kier alpha value is -2.14. The van der Waals surface area contributed by atoms with Gasteiger partial charge in [0.15, 0.2) is 0 Å². The molecule has 0 aliphatic rings. The predicted molar refractivity (Wildman–Crippen MR) is 67.3 cm³/mol. The third-order valence-electron chi connectivity index (χ3n) is 2.85. The molecule has 5 heteroatoms. The minimum absolute atomic E-state index is 0.00258. The minimum atomic E-state index is -1.26. The SMILES string of the molecule is C[C@@H](NCc1ccc(C(=O)O)c(F)c1)c1ccco1. The second kappa shape index (κ2) is 5.67. The molecule has 19 heavy (non-hydrogen) atoms. The Kier molecular flexibility index (Phi) is 3.97. The Labute approximate surface area is 109 Å². The smallest absolute Gasteiger partial charge is 0.338 e. The Bertz CT molecular complexity index is 566. The van der Waals surface area contributed by atoms with E-state index in [1.165, 1.54) is 12.1 Å². The number of hydrogen-bond donors (Lipinski definition) is 2. The van der Waals surface area contributed by atoms with Gasteiger partial charge in [0.05, 0.1) is 17.9 Å². The van der Waals surface area contributed by atoms with Crippen LogP contribution in [0.4, 0.5) is 4.39 Å². The average Bonchev–Trinajstić information content (AvgIpc) is 2.89. The molecule has 2 aromatic rings. The van der Waals surface area contributed by atoms with Crippen LogP contribution in [-0.2, 0) is 6.54 Å². The Morgan fingerprint density at radius 2 is 2.26 bits per heavy atom. The molecule has 1 atom stereocenters. The molecule has 0 spiro atoms. The molecule has 4 nitrogen and oxygen atoms in total. The van der Waals surface area contributed by atoms with E-state index >= 15 is 0 Å². The first-order valence-corrected chi connectivity index (χ1v) is 5.86. The Morgan fingerprint density at radius 3 is 2.84 bits per heavy atom. The minimum Gasteiger partial charge on any atom is -0.478 e. The normalized spacial score (nSPS) is 12.3. The third-order valence-corrected chi connectivity index (χ3v) is 2.85. The number of carboxylic acids is 1. The zero-order chi connectivity index (χ0) is 13.8. The number of benzene rings is 1. The molecule has 1 aromatic heterocycles. The van der Waals surface area contributed by atoms with Crippen LogP contribution < -0.4 is 5.32 Å². The van der Waals surface area contributed by atoms with Crippen LogP contribution in [0.5, 0.6) is 0 Å². The van der Waals surface area contributed by atoms with Gasteiger partial charge in [-0.15, -0.1) is 0 Å². The van der Waals surface area contributed by atoms with E-state index in [9.17, 15) is 9.18 Å². The second-order valence-corrected chi connectivity index (χ2v) is 4.24. The fraction of sp³-hybridized carbons (Fsp3) is 0.214. The van der Waals surface area contributed by atoms with Crippen LogP contribution in [0.1, 0.15) is 34.6 Å². The molecule has 1 heterocycles. The van der Waals surface area contributed by atoms with E-state index in [1.54, 1.807) is 18.4 Å². The van der Waals surface area contributed by atoms with Crippen molar-refractivity contribution < 1.29 is 18.7 Å². The molecule has 1 aromatic carbocycles. The van der Waals surface area contributed by atoms with Crippen molar-refractivity contribution in [1.82, 2.24) is 5.32 Å². The van der Waals surface area contributed by atoms with Crippen LogP contribution in [-0.4, -0.2) is 11.1 Å². The number of hydrogen-bond acceptors (Lipinski definition) is 3. The number of nitrogens with one attached hydrogen (secondary N) is 1. The lowest BCUT2D eigenvalue weighted by Gasteiger charge is -2.11. The summed E-state index contributed by atoms with van der Waals surface area (Å²) in [6.45, 7) is 2.36. The van der Waals surface area contributed by atoms with E-state index in [0.717, 1.165) is 5.76 Å². The lowest BCUT2D eigenvalue weighted by molar-refractivity contribution is 0.0692. The molecule has 0 fully saturated rings. The summed E-state index contributed by atoms with van der Waals surface area (Å²) in [5, 5.41) is 11.9. The van der Waals surface area contributed by atoms with E-state index in [1.807, 2.05) is 13.0 Å². The quantitative estimate of drug-likeness (QED) is 0.870. The van der Waals surface area contributed by atoms with Gasteiger partial charge in [0.2, 0.25) is 0 Å². The first-order valence-electron chi connectivity index (χ1n) is 5.86. The van der Waals surface area contributed by atoms with Crippen molar-refractivity contribution >= 4 is 5.97 Å². The molecule has 0 aliphatic carbocycles. The van der Waals surface area contributed by atoms with E-state index in [4.69, 9.17) is 9.52 Å². The number of furan rings is 1. The summed E-state index contributed by atoms with van der Waals surface area (Å²) in [7, 11) is 0. The molecule has 2 rings (SSSR count). The van der Waals surface area contributed by atoms with E-state index in [2.05, 4.69) is 5.32 Å². The summed E-state index contributed by atoms with van der Waals surface area (Å²) < 4.78 is 18.7. The van der Waals surface area contributed by atoms with Gasteiger partial charge in [-0.2, -0.15) is 0 Å². The molecule has 0 amide bonds. The first kappa shape index (κ1) is 13.3. The molecule has 0 radical (unpaired) electrons. The van der Waals surface area contributed by atoms with Crippen molar-refractivity contribution in [3.8, 4) is 0 Å². The largest absolute Gasteiger partial charge is 0.478 e. The number of aromatic carboxylic acids is 1. The van der Waals surface area contributed by atoms with Crippen molar-refractivity contribution in [2.75, 3.05) is 0 Å². The zero-order valence-electron chi connectivity index (χ0n) is 10.4. The summed E-state index contributed by atoms with van der Waals surface area (Å²) in [5.74, 6) is -1.19. The molecule has 100 valence electrons. The Morgan fingerprint density at radius 1 is 1.47 bits per heavy atom. The second-order valence-electron chi connectivity index (χ2n) is 4.24. The third kappa shape index (κ3) is 3.20. The van der Waals surface area contributed by atoms with E-state index in [0.29, 0.717) is 12.1 Å². The molecule has 0 saturated carbocycles. The summed E-state index contributed by atoms with van der Waals surface area (Å²) >= 11 is 0. The monoisotopic (exact) mass is 263 g/mol. The lowest BCUT2D eigenvalue weighted by Crippen LogP contribution is -2.17. The highest BCUT2D eigenvalue weighted by atomic mass is 19.1. The van der Waals surface area contributed by atoms with Gasteiger partial charge < -0.3 is 14.8 Å². The zero-order valence-corrected chi connectivity index (χ0v) is 10.4. The highest BCUT2D eigenvalue weighted by Gasteiger charge is 2.11. The number of carbonyl (C=O) groups is 1. The molecule has 0 bridgehead atoms. The summed E-state index contributed by atoms with van der Waals surface area (Å²) in [6, 6.07) is 7.74. The standard InChI is InChI=1S/C14H14FNO3/c1-9(13-3-2-6-19-13)16-8-10-4-5-11(14(17)18)12(15)7-10/h2-7,9,16H,8H2,1H3,(H,17,18)/t9-/m1/s1. The van der Waals surface area contributed by atoms with Gasteiger partial charge in [0.1, 0.15) is 11.6 Å². The fourth-order valence-electron chi connectivity index (χ4n) is 1.75. The lowest BCUT2D eigenvalue weighted by atomic mass is 10.1. The van der Waals surface area contributed by atoms with Gasteiger partial charge in [-0.3, -0.25) is 0 Å². The van der Waals surface area contributed by atoms with Gasteiger partial charge >= 0.3 is 5.97 Å². The summed E-state index contributed by atoms with van der Waals surface area (Å²) in [5.41, 5.74) is 0.365. The molecular formula is C14H14FNO3. The van der Waals surface area contributed by atoms with Gasteiger partial charge in [-0.25, -0.2) is 9.18 Å². The maximum Gasteiger partial charge on any atom is 0.338 e. The Balaban J connectivity index is 2.00. The van der Waals surface area contributed by atoms with Gasteiger partial charge in [0.25, 0.3) is 0 Å².